The molecule has 0 aromatic heterocycles. The van der Waals surface area contributed by atoms with Crippen molar-refractivity contribution in [3.8, 4) is 0 Å². The van der Waals surface area contributed by atoms with E-state index in [1.807, 2.05) is 0 Å². The number of hydrogen-bond donors (Lipinski definition) is 1. The standard InChI is InChI=1S/C13H21N3O5/c1-5-13(3)11(19)16(12(20)14-13)7-9(17)15(6-2)8-10(18)21-4/h5-8H2,1-4H3,(H,14,20). The highest BCUT2D eigenvalue weighted by atomic mass is 16.5. The first kappa shape index (κ1) is 16.9. The predicted molar refractivity (Wildman–Crippen MR) is 73.2 cm³/mol. The van der Waals surface area contributed by atoms with Gasteiger partial charge in [-0.2, -0.15) is 0 Å². The molecule has 1 rings (SSSR count). The topological polar surface area (TPSA) is 96.0 Å². The molecule has 1 heterocycles. The average molecular weight is 299 g/mol. The SMILES string of the molecule is CCN(CC(=O)OC)C(=O)CN1C(=O)NC(C)(CC)C1=O. The van der Waals surface area contributed by atoms with Crippen molar-refractivity contribution in [1.82, 2.24) is 15.1 Å². The number of esters is 1. The van der Waals surface area contributed by atoms with Gasteiger partial charge >= 0.3 is 12.0 Å². The third-order valence-electron chi connectivity index (χ3n) is 3.63. The summed E-state index contributed by atoms with van der Waals surface area (Å²) < 4.78 is 4.50. The molecule has 1 fully saturated rings. The highest BCUT2D eigenvalue weighted by Crippen LogP contribution is 2.20. The number of likely N-dealkylation sites (N-methyl/N-ethyl adjacent to an activating group) is 1. The molecule has 0 aliphatic carbocycles. The zero-order valence-electron chi connectivity index (χ0n) is 12.8. The van der Waals surface area contributed by atoms with E-state index in [4.69, 9.17) is 0 Å². The van der Waals surface area contributed by atoms with E-state index in [2.05, 4.69) is 10.1 Å². The molecule has 0 aromatic carbocycles. The summed E-state index contributed by atoms with van der Waals surface area (Å²) in [5.41, 5.74) is -0.975. The second-order valence-corrected chi connectivity index (χ2v) is 4.99. The van der Waals surface area contributed by atoms with Gasteiger partial charge in [0.25, 0.3) is 5.91 Å². The van der Waals surface area contributed by atoms with Gasteiger partial charge in [-0.15, -0.1) is 0 Å². The molecule has 4 amide bonds. The Balaban J connectivity index is 2.76. The fourth-order valence-corrected chi connectivity index (χ4v) is 1.96. The summed E-state index contributed by atoms with van der Waals surface area (Å²) in [7, 11) is 1.23. The highest BCUT2D eigenvalue weighted by Gasteiger charge is 2.47. The zero-order valence-corrected chi connectivity index (χ0v) is 12.8. The summed E-state index contributed by atoms with van der Waals surface area (Å²) in [5.74, 6) is -1.47. The van der Waals surface area contributed by atoms with Gasteiger partial charge in [-0.3, -0.25) is 19.3 Å². The van der Waals surface area contributed by atoms with Crippen molar-refractivity contribution >= 4 is 23.8 Å². The monoisotopic (exact) mass is 299 g/mol. The molecule has 0 bridgehead atoms. The van der Waals surface area contributed by atoms with E-state index in [-0.39, 0.29) is 19.6 Å². The van der Waals surface area contributed by atoms with Gasteiger partial charge in [-0.25, -0.2) is 4.79 Å². The van der Waals surface area contributed by atoms with Crippen LogP contribution in [0, 0.1) is 0 Å². The summed E-state index contributed by atoms with van der Waals surface area (Å²) in [4.78, 5) is 49.4. The van der Waals surface area contributed by atoms with E-state index in [1.165, 1.54) is 12.0 Å². The molecule has 118 valence electrons. The minimum absolute atomic E-state index is 0.208. The molecule has 1 aliphatic rings. The fourth-order valence-electron chi connectivity index (χ4n) is 1.96. The van der Waals surface area contributed by atoms with Crippen LogP contribution in [0.1, 0.15) is 27.2 Å². The lowest BCUT2D eigenvalue weighted by molar-refractivity contribution is -0.147. The van der Waals surface area contributed by atoms with Crippen LogP contribution in [0.5, 0.6) is 0 Å². The van der Waals surface area contributed by atoms with Crippen LogP contribution < -0.4 is 5.32 Å². The van der Waals surface area contributed by atoms with E-state index >= 15 is 0 Å². The lowest BCUT2D eigenvalue weighted by atomic mass is 9.99. The molecule has 8 nitrogen and oxygen atoms in total. The van der Waals surface area contributed by atoms with Gasteiger partial charge in [0.2, 0.25) is 5.91 Å². The number of urea groups is 1. The number of carbonyl (C=O) groups is 4. The van der Waals surface area contributed by atoms with Crippen molar-refractivity contribution in [2.24, 2.45) is 0 Å². The molecular formula is C13H21N3O5. The summed E-state index contributed by atoms with van der Waals surface area (Å²) in [6, 6.07) is -0.591. The van der Waals surface area contributed by atoms with Gasteiger partial charge in [-0.1, -0.05) is 6.92 Å². The van der Waals surface area contributed by atoms with Crippen LogP contribution in [0.2, 0.25) is 0 Å². The van der Waals surface area contributed by atoms with E-state index < -0.39 is 29.4 Å². The van der Waals surface area contributed by atoms with Gasteiger partial charge < -0.3 is 15.0 Å². The Labute approximate surface area is 123 Å². The molecule has 1 unspecified atom stereocenters. The van der Waals surface area contributed by atoms with Crippen LogP contribution in [-0.4, -0.2) is 65.9 Å². The first-order chi connectivity index (χ1) is 9.78. The third-order valence-corrected chi connectivity index (χ3v) is 3.63. The van der Waals surface area contributed by atoms with Crippen molar-refractivity contribution in [1.29, 1.82) is 0 Å². The fraction of sp³-hybridized carbons (Fsp3) is 0.692. The molecule has 1 N–H and O–H groups in total. The smallest absolute Gasteiger partial charge is 0.325 e. The van der Waals surface area contributed by atoms with E-state index in [9.17, 15) is 19.2 Å². The van der Waals surface area contributed by atoms with Gasteiger partial charge in [0.1, 0.15) is 18.6 Å². The average Bonchev–Trinajstić information content (AvgIpc) is 2.68. The summed E-state index contributed by atoms with van der Waals surface area (Å²) in [6.07, 6.45) is 0.432. The molecule has 1 saturated heterocycles. The lowest BCUT2D eigenvalue weighted by Gasteiger charge is -2.23. The Morgan fingerprint density at radius 2 is 1.95 bits per heavy atom. The van der Waals surface area contributed by atoms with Gasteiger partial charge in [-0.05, 0) is 20.3 Å². The molecule has 8 heteroatoms. The number of nitrogens with one attached hydrogen (secondary N) is 1. The second-order valence-electron chi connectivity index (χ2n) is 4.99. The van der Waals surface area contributed by atoms with Crippen LogP contribution in [-0.2, 0) is 19.1 Å². The minimum Gasteiger partial charge on any atom is -0.468 e. The molecule has 1 atom stereocenters. The van der Waals surface area contributed by atoms with Crippen molar-refractivity contribution in [2.45, 2.75) is 32.7 Å². The number of methoxy groups -OCH3 is 1. The van der Waals surface area contributed by atoms with Crippen molar-refractivity contribution < 1.29 is 23.9 Å². The Morgan fingerprint density at radius 3 is 2.38 bits per heavy atom. The molecule has 0 spiro atoms. The maximum Gasteiger partial charge on any atom is 0.325 e. The molecular weight excluding hydrogens is 278 g/mol. The number of hydrogen-bond acceptors (Lipinski definition) is 5. The molecule has 0 radical (unpaired) electrons. The van der Waals surface area contributed by atoms with Crippen molar-refractivity contribution in [2.75, 3.05) is 26.7 Å². The van der Waals surface area contributed by atoms with Crippen molar-refractivity contribution in [3.63, 3.8) is 0 Å². The van der Waals surface area contributed by atoms with Crippen LogP contribution >= 0.6 is 0 Å². The molecule has 0 aromatic rings. The Kier molecular flexibility index (Phi) is 5.28. The van der Waals surface area contributed by atoms with Crippen LogP contribution in [0.3, 0.4) is 0 Å². The maximum absolute atomic E-state index is 12.2. The van der Waals surface area contributed by atoms with Gasteiger partial charge in [0.05, 0.1) is 7.11 Å². The highest BCUT2D eigenvalue weighted by molar-refractivity contribution is 6.08. The van der Waals surface area contributed by atoms with Crippen molar-refractivity contribution in [3.05, 3.63) is 0 Å². The number of rotatable bonds is 6. The normalized spacial score (nSPS) is 21.2. The van der Waals surface area contributed by atoms with Gasteiger partial charge in [0, 0.05) is 6.54 Å². The molecule has 0 saturated carbocycles. The van der Waals surface area contributed by atoms with E-state index in [1.54, 1.807) is 20.8 Å². The van der Waals surface area contributed by atoms with E-state index in [0.717, 1.165) is 4.90 Å². The molecule has 21 heavy (non-hydrogen) atoms. The summed E-state index contributed by atoms with van der Waals surface area (Å²) >= 11 is 0. The van der Waals surface area contributed by atoms with Crippen LogP contribution in [0.4, 0.5) is 4.79 Å². The maximum atomic E-state index is 12.2. The number of nitrogens with zero attached hydrogens (tertiary/aromatic N) is 2. The Hall–Kier alpha value is -2.12. The predicted octanol–water partition coefficient (Wildman–Crippen LogP) is -0.272. The molecule has 1 aliphatic heterocycles. The zero-order chi connectivity index (χ0) is 16.2. The second kappa shape index (κ2) is 6.55. The summed E-state index contributed by atoms with van der Waals surface area (Å²) in [5, 5.41) is 2.57. The first-order valence-electron chi connectivity index (χ1n) is 6.77. The number of amides is 4. The number of imide groups is 1. The summed E-state index contributed by atoms with van der Waals surface area (Å²) in [6.45, 7) is 4.78. The number of ether oxygens (including phenoxy) is 1. The van der Waals surface area contributed by atoms with Gasteiger partial charge in [0.15, 0.2) is 0 Å². The minimum atomic E-state index is -0.975. The number of carbonyl (C=O) groups excluding carboxylic acids is 4. The third kappa shape index (κ3) is 3.50. The van der Waals surface area contributed by atoms with Crippen LogP contribution in [0.25, 0.3) is 0 Å². The quantitative estimate of drug-likeness (QED) is 0.538. The van der Waals surface area contributed by atoms with Crippen LogP contribution in [0.15, 0.2) is 0 Å². The Bertz CT molecular complexity index is 465. The van der Waals surface area contributed by atoms with E-state index in [0.29, 0.717) is 6.42 Å². The Morgan fingerprint density at radius 1 is 1.33 bits per heavy atom. The largest absolute Gasteiger partial charge is 0.468 e. The first-order valence-corrected chi connectivity index (χ1v) is 6.77. The lowest BCUT2D eigenvalue weighted by Crippen LogP contribution is -2.46.